The van der Waals surface area contributed by atoms with Crippen LogP contribution in [0.5, 0.6) is 0 Å². The molecule has 0 aromatic heterocycles. The molecule has 0 atom stereocenters. The van der Waals surface area contributed by atoms with E-state index in [-0.39, 0.29) is 6.42 Å². The number of carboxylic acid groups (broad SMARTS) is 1. The molecule has 122 valence electrons. The summed E-state index contributed by atoms with van der Waals surface area (Å²) in [7, 11) is 0. The highest BCUT2D eigenvalue weighted by Crippen LogP contribution is 2.07. The van der Waals surface area contributed by atoms with E-state index in [0.717, 1.165) is 12.8 Å². The van der Waals surface area contributed by atoms with Crippen LogP contribution < -0.4 is 0 Å². The van der Waals surface area contributed by atoms with Crippen LogP contribution in [0.4, 0.5) is 0 Å². The lowest BCUT2D eigenvalue weighted by Gasteiger charge is -1.97. The molecule has 0 heterocycles. The second kappa shape index (κ2) is 17.4. The van der Waals surface area contributed by atoms with E-state index in [1.54, 1.807) is 0 Å². The Morgan fingerprint density at radius 2 is 1.64 bits per heavy atom. The Balaban J connectivity index is 3.39. The van der Waals surface area contributed by atoms with Crippen LogP contribution in [0.25, 0.3) is 0 Å². The third-order valence-corrected chi connectivity index (χ3v) is 3.23. The van der Waals surface area contributed by atoms with Crippen LogP contribution in [0.2, 0.25) is 0 Å². The van der Waals surface area contributed by atoms with Crippen LogP contribution in [-0.2, 0) is 4.79 Å². The lowest BCUT2D eigenvalue weighted by molar-refractivity contribution is -0.137. The molecule has 0 saturated heterocycles. The van der Waals surface area contributed by atoms with Crippen LogP contribution in [0, 0.1) is 23.7 Å². The molecule has 0 aliphatic heterocycles. The summed E-state index contributed by atoms with van der Waals surface area (Å²) in [6.07, 6.45) is 16.4. The molecule has 0 aliphatic carbocycles. The molecule has 0 unspecified atom stereocenters. The number of hydrogen-bond donors (Lipinski definition) is 1. The zero-order chi connectivity index (χ0) is 16.3. The number of allylic oxidation sites excluding steroid dienone is 2. The van der Waals surface area contributed by atoms with Gasteiger partial charge in [-0.2, -0.15) is 0 Å². The van der Waals surface area contributed by atoms with Gasteiger partial charge < -0.3 is 5.11 Å². The Morgan fingerprint density at radius 1 is 0.909 bits per heavy atom. The van der Waals surface area contributed by atoms with Crippen molar-refractivity contribution in [3.63, 3.8) is 0 Å². The summed E-state index contributed by atoms with van der Waals surface area (Å²) in [6, 6.07) is 0. The topological polar surface area (TPSA) is 37.3 Å². The van der Waals surface area contributed by atoms with Gasteiger partial charge in [-0.05, 0) is 19.3 Å². The van der Waals surface area contributed by atoms with Gasteiger partial charge >= 0.3 is 5.97 Å². The van der Waals surface area contributed by atoms with E-state index < -0.39 is 5.97 Å². The fourth-order valence-electron chi connectivity index (χ4n) is 1.96. The van der Waals surface area contributed by atoms with Crippen molar-refractivity contribution < 1.29 is 9.90 Å². The molecule has 0 rings (SSSR count). The first-order valence-corrected chi connectivity index (χ1v) is 8.55. The van der Waals surface area contributed by atoms with E-state index in [4.69, 9.17) is 5.11 Å². The number of hydrogen-bond acceptors (Lipinski definition) is 1. The van der Waals surface area contributed by atoms with Crippen LogP contribution in [0.15, 0.2) is 12.2 Å². The van der Waals surface area contributed by atoms with Gasteiger partial charge in [0.25, 0.3) is 0 Å². The molecule has 2 nitrogen and oxygen atoms in total. The zero-order valence-corrected chi connectivity index (χ0v) is 14.0. The minimum absolute atomic E-state index is 0.198. The van der Waals surface area contributed by atoms with Gasteiger partial charge in [-0.1, -0.05) is 68.9 Å². The Morgan fingerprint density at radius 3 is 2.41 bits per heavy atom. The molecule has 0 aromatic carbocycles. The Labute approximate surface area is 136 Å². The molecule has 2 heteroatoms. The molecule has 0 fully saturated rings. The van der Waals surface area contributed by atoms with E-state index >= 15 is 0 Å². The Hall–Kier alpha value is -1.67. The first-order chi connectivity index (χ1) is 10.8. The lowest BCUT2D eigenvalue weighted by Crippen LogP contribution is -1.92. The van der Waals surface area contributed by atoms with E-state index in [0.29, 0.717) is 19.3 Å². The summed E-state index contributed by atoms with van der Waals surface area (Å²) in [4.78, 5) is 10.3. The summed E-state index contributed by atoms with van der Waals surface area (Å²) < 4.78 is 0. The number of aliphatic carboxylic acids is 1. The maximum atomic E-state index is 10.3. The van der Waals surface area contributed by atoms with Crippen molar-refractivity contribution in [2.45, 2.75) is 84.0 Å². The molecule has 22 heavy (non-hydrogen) atoms. The van der Waals surface area contributed by atoms with Gasteiger partial charge in [-0.15, -0.1) is 5.92 Å². The van der Waals surface area contributed by atoms with Gasteiger partial charge in [0.15, 0.2) is 0 Å². The Bertz CT molecular complexity index is 412. The minimum atomic E-state index is -0.755. The quantitative estimate of drug-likeness (QED) is 0.318. The number of unbranched alkanes of at least 4 members (excludes halogenated alkanes) is 7. The van der Waals surface area contributed by atoms with Gasteiger partial charge in [0.05, 0.1) is 6.42 Å². The van der Waals surface area contributed by atoms with Gasteiger partial charge in [0.2, 0.25) is 0 Å². The molecule has 0 amide bonds. The lowest BCUT2D eigenvalue weighted by atomic mass is 10.1. The molecule has 0 bridgehead atoms. The average molecular weight is 302 g/mol. The summed E-state index contributed by atoms with van der Waals surface area (Å²) in [5.74, 6) is 11.2. The van der Waals surface area contributed by atoms with Crippen molar-refractivity contribution in [3.8, 4) is 23.7 Å². The minimum Gasteiger partial charge on any atom is -0.481 e. The maximum absolute atomic E-state index is 10.3. The molecule has 0 saturated carbocycles. The monoisotopic (exact) mass is 302 g/mol. The zero-order valence-electron chi connectivity index (χ0n) is 14.0. The van der Waals surface area contributed by atoms with Crippen molar-refractivity contribution in [2.24, 2.45) is 0 Å². The summed E-state index contributed by atoms with van der Waals surface area (Å²) >= 11 is 0. The predicted molar refractivity (Wildman–Crippen MR) is 93.4 cm³/mol. The smallest absolute Gasteiger partial charge is 0.303 e. The summed E-state index contributed by atoms with van der Waals surface area (Å²) in [6.45, 7) is 2.24. The maximum Gasteiger partial charge on any atom is 0.303 e. The molecular weight excluding hydrogens is 272 g/mol. The predicted octanol–water partition coefficient (Wildman–Crippen LogP) is 5.34. The molecule has 0 aliphatic rings. The first kappa shape index (κ1) is 20.3. The number of carboxylic acids is 1. The SMILES string of the molecule is CCCCCCCC/C=C\CC#CCC#CCCCC(=O)O. The fraction of sp³-hybridized carbons (Fsp3) is 0.650. The normalized spacial score (nSPS) is 9.86. The second-order valence-corrected chi connectivity index (χ2v) is 5.36. The molecule has 1 N–H and O–H groups in total. The van der Waals surface area contributed by atoms with Crippen molar-refractivity contribution in [3.05, 3.63) is 12.2 Å². The summed E-state index contributed by atoms with van der Waals surface area (Å²) in [5.41, 5.74) is 0. The molecule has 0 radical (unpaired) electrons. The van der Waals surface area contributed by atoms with Gasteiger partial charge in [-0.25, -0.2) is 0 Å². The van der Waals surface area contributed by atoms with E-state index in [1.165, 1.54) is 38.5 Å². The first-order valence-electron chi connectivity index (χ1n) is 8.55. The van der Waals surface area contributed by atoms with Crippen molar-refractivity contribution in [1.29, 1.82) is 0 Å². The van der Waals surface area contributed by atoms with Crippen LogP contribution in [-0.4, -0.2) is 11.1 Å². The highest BCUT2D eigenvalue weighted by atomic mass is 16.4. The van der Waals surface area contributed by atoms with E-state index in [1.807, 2.05) is 0 Å². The average Bonchev–Trinajstić information content (AvgIpc) is 2.50. The van der Waals surface area contributed by atoms with Gasteiger partial charge in [0.1, 0.15) is 0 Å². The van der Waals surface area contributed by atoms with E-state index in [2.05, 4.69) is 42.8 Å². The largest absolute Gasteiger partial charge is 0.481 e. The third kappa shape index (κ3) is 18.3. The second-order valence-electron chi connectivity index (χ2n) is 5.36. The van der Waals surface area contributed by atoms with Gasteiger partial charge in [-0.3, -0.25) is 4.79 Å². The number of carbonyl (C=O) groups is 1. The molecule has 0 aromatic rings. The molecular formula is C20H30O2. The van der Waals surface area contributed by atoms with E-state index in [9.17, 15) is 4.79 Å². The Kier molecular flexibility index (Phi) is 16.1. The standard InChI is InChI=1S/C20H30O2/c1-2-3-4-5-6-7-8-9-10-11-12-13-14-15-16-17-18-19-20(21)22/h9-10H,2-8,11,14,17-19H2,1H3,(H,21,22)/b10-9-. The van der Waals surface area contributed by atoms with Crippen LogP contribution in [0.3, 0.4) is 0 Å². The molecule has 0 spiro atoms. The third-order valence-electron chi connectivity index (χ3n) is 3.23. The van der Waals surface area contributed by atoms with Crippen molar-refractivity contribution in [2.75, 3.05) is 0 Å². The number of rotatable bonds is 11. The van der Waals surface area contributed by atoms with Crippen molar-refractivity contribution in [1.82, 2.24) is 0 Å². The fourth-order valence-corrected chi connectivity index (χ4v) is 1.96. The van der Waals surface area contributed by atoms with Crippen LogP contribution in [0.1, 0.15) is 84.0 Å². The summed E-state index contributed by atoms with van der Waals surface area (Å²) in [5, 5.41) is 8.46. The highest BCUT2D eigenvalue weighted by Gasteiger charge is 1.92. The van der Waals surface area contributed by atoms with Crippen LogP contribution >= 0.6 is 0 Å². The van der Waals surface area contributed by atoms with Crippen molar-refractivity contribution >= 4 is 5.97 Å². The van der Waals surface area contributed by atoms with Gasteiger partial charge in [0, 0.05) is 19.3 Å². The highest BCUT2D eigenvalue weighted by molar-refractivity contribution is 5.66.